The van der Waals surface area contributed by atoms with Crippen LogP contribution in [0, 0.1) is 0 Å². The van der Waals surface area contributed by atoms with Crippen LogP contribution in [0.4, 0.5) is 0 Å². The van der Waals surface area contributed by atoms with Gasteiger partial charge in [0.1, 0.15) is 11.5 Å². The first-order valence-electron chi connectivity index (χ1n) is 7.37. The topological polar surface area (TPSA) is 44.5 Å². The highest BCUT2D eigenvalue weighted by molar-refractivity contribution is 5.42. The number of para-hydroxylation sites is 1. The Labute approximate surface area is 126 Å². The van der Waals surface area contributed by atoms with Gasteiger partial charge in [0.15, 0.2) is 0 Å². The molecule has 0 saturated heterocycles. The van der Waals surface area contributed by atoms with Crippen LogP contribution in [-0.4, -0.2) is 13.7 Å². The summed E-state index contributed by atoms with van der Waals surface area (Å²) in [4.78, 5) is 0. The van der Waals surface area contributed by atoms with Crippen LogP contribution in [0.1, 0.15) is 36.9 Å². The van der Waals surface area contributed by atoms with Crippen LogP contribution in [0.15, 0.2) is 48.5 Å². The average molecular weight is 285 g/mol. The summed E-state index contributed by atoms with van der Waals surface area (Å²) in [6, 6.07) is 15.6. The van der Waals surface area contributed by atoms with E-state index in [9.17, 15) is 0 Å². The fourth-order valence-corrected chi connectivity index (χ4v) is 2.21. The molecule has 0 aromatic heterocycles. The predicted molar refractivity (Wildman–Crippen MR) is 85.9 cm³/mol. The number of benzene rings is 2. The molecule has 21 heavy (non-hydrogen) atoms. The molecule has 3 heteroatoms. The van der Waals surface area contributed by atoms with Crippen molar-refractivity contribution >= 4 is 0 Å². The average Bonchev–Trinajstić information content (AvgIpc) is 2.55. The number of unbranched alkanes of at least 4 members (excludes halogenated alkanes) is 1. The van der Waals surface area contributed by atoms with Crippen LogP contribution >= 0.6 is 0 Å². The van der Waals surface area contributed by atoms with Crippen molar-refractivity contribution in [3.8, 4) is 11.5 Å². The standard InChI is InChI=1S/C18H23NO2/c1-3-4-13-21-15-11-9-14(10-12-15)18(19)16-7-5-6-8-17(16)20-2/h5-12,18H,3-4,13,19H2,1-2H3. The third-order valence-corrected chi connectivity index (χ3v) is 3.48. The Kier molecular flexibility index (Phi) is 5.64. The SMILES string of the molecule is CCCCOc1ccc(C(N)c2ccccc2OC)cc1. The van der Waals surface area contributed by atoms with Gasteiger partial charge in [0.2, 0.25) is 0 Å². The second-order valence-corrected chi connectivity index (χ2v) is 4.99. The minimum absolute atomic E-state index is 0.203. The van der Waals surface area contributed by atoms with Gasteiger partial charge in [0.05, 0.1) is 19.8 Å². The first-order valence-corrected chi connectivity index (χ1v) is 7.37. The maximum atomic E-state index is 6.34. The van der Waals surface area contributed by atoms with Gasteiger partial charge >= 0.3 is 0 Å². The normalized spacial score (nSPS) is 12.0. The van der Waals surface area contributed by atoms with Crippen molar-refractivity contribution in [3.05, 3.63) is 59.7 Å². The highest BCUT2D eigenvalue weighted by Crippen LogP contribution is 2.28. The number of methoxy groups -OCH3 is 1. The van der Waals surface area contributed by atoms with E-state index in [0.29, 0.717) is 0 Å². The Morgan fingerprint density at radius 1 is 1.05 bits per heavy atom. The third-order valence-electron chi connectivity index (χ3n) is 3.48. The van der Waals surface area contributed by atoms with Gasteiger partial charge in [-0.25, -0.2) is 0 Å². The van der Waals surface area contributed by atoms with Crippen LogP contribution in [0.3, 0.4) is 0 Å². The number of rotatable bonds is 7. The van der Waals surface area contributed by atoms with Crippen molar-refractivity contribution in [1.29, 1.82) is 0 Å². The molecule has 0 fully saturated rings. The monoisotopic (exact) mass is 285 g/mol. The lowest BCUT2D eigenvalue weighted by molar-refractivity contribution is 0.309. The lowest BCUT2D eigenvalue weighted by Crippen LogP contribution is -2.13. The van der Waals surface area contributed by atoms with Crippen LogP contribution in [-0.2, 0) is 0 Å². The smallest absolute Gasteiger partial charge is 0.123 e. The van der Waals surface area contributed by atoms with Gasteiger partial charge in [-0.2, -0.15) is 0 Å². The fourth-order valence-electron chi connectivity index (χ4n) is 2.21. The molecule has 0 heterocycles. The third kappa shape index (κ3) is 3.99. The largest absolute Gasteiger partial charge is 0.496 e. The highest BCUT2D eigenvalue weighted by Gasteiger charge is 2.13. The maximum absolute atomic E-state index is 6.34. The van der Waals surface area contributed by atoms with Gasteiger partial charge in [-0.1, -0.05) is 43.7 Å². The summed E-state index contributed by atoms with van der Waals surface area (Å²) < 4.78 is 11.0. The van der Waals surface area contributed by atoms with Crippen LogP contribution in [0.5, 0.6) is 11.5 Å². The van der Waals surface area contributed by atoms with Crippen molar-refractivity contribution in [2.75, 3.05) is 13.7 Å². The first-order chi connectivity index (χ1) is 10.3. The van der Waals surface area contributed by atoms with Gasteiger partial charge in [0.25, 0.3) is 0 Å². The number of hydrogen-bond donors (Lipinski definition) is 1. The first kappa shape index (κ1) is 15.4. The fraction of sp³-hybridized carbons (Fsp3) is 0.333. The Morgan fingerprint density at radius 3 is 2.43 bits per heavy atom. The molecule has 0 radical (unpaired) electrons. The minimum Gasteiger partial charge on any atom is -0.496 e. The van der Waals surface area contributed by atoms with Crippen molar-refractivity contribution in [1.82, 2.24) is 0 Å². The molecule has 0 aliphatic carbocycles. The Balaban J connectivity index is 2.10. The summed E-state index contributed by atoms with van der Waals surface area (Å²) in [6.07, 6.45) is 2.21. The van der Waals surface area contributed by atoms with E-state index >= 15 is 0 Å². The molecular formula is C18H23NO2. The summed E-state index contributed by atoms with van der Waals surface area (Å²) in [7, 11) is 1.66. The molecule has 2 aromatic rings. The van der Waals surface area contributed by atoms with E-state index in [4.69, 9.17) is 15.2 Å². The zero-order valence-electron chi connectivity index (χ0n) is 12.7. The Morgan fingerprint density at radius 2 is 1.76 bits per heavy atom. The van der Waals surface area contributed by atoms with E-state index in [-0.39, 0.29) is 6.04 Å². The molecule has 1 unspecified atom stereocenters. The second kappa shape index (κ2) is 7.70. The van der Waals surface area contributed by atoms with Crippen molar-refractivity contribution in [2.45, 2.75) is 25.8 Å². The predicted octanol–water partition coefficient (Wildman–Crippen LogP) is 3.92. The molecule has 2 rings (SSSR count). The van der Waals surface area contributed by atoms with E-state index < -0.39 is 0 Å². The van der Waals surface area contributed by atoms with Crippen molar-refractivity contribution < 1.29 is 9.47 Å². The van der Waals surface area contributed by atoms with Gasteiger partial charge in [-0.05, 0) is 30.2 Å². The second-order valence-electron chi connectivity index (χ2n) is 4.99. The van der Waals surface area contributed by atoms with E-state index in [1.807, 2.05) is 48.5 Å². The summed E-state index contributed by atoms with van der Waals surface area (Å²) in [5.41, 5.74) is 8.37. The molecule has 2 aromatic carbocycles. The molecule has 0 aliphatic rings. The molecule has 0 saturated carbocycles. The van der Waals surface area contributed by atoms with Gasteiger partial charge in [-0.15, -0.1) is 0 Å². The molecule has 112 valence electrons. The quantitative estimate of drug-likeness (QED) is 0.784. The zero-order valence-corrected chi connectivity index (χ0v) is 12.7. The minimum atomic E-state index is -0.203. The van der Waals surface area contributed by atoms with Crippen LogP contribution in [0.25, 0.3) is 0 Å². The van der Waals surface area contributed by atoms with E-state index in [1.165, 1.54) is 0 Å². The summed E-state index contributed by atoms with van der Waals surface area (Å²) in [5, 5.41) is 0. The number of nitrogens with two attached hydrogens (primary N) is 1. The summed E-state index contributed by atoms with van der Waals surface area (Å²) in [5.74, 6) is 1.70. The molecule has 0 aliphatic heterocycles. The lowest BCUT2D eigenvalue weighted by Gasteiger charge is -2.16. The number of hydrogen-bond acceptors (Lipinski definition) is 3. The molecule has 0 amide bonds. The summed E-state index contributed by atoms with van der Waals surface area (Å²) in [6.45, 7) is 2.91. The molecule has 1 atom stereocenters. The lowest BCUT2D eigenvalue weighted by atomic mass is 9.99. The van der Waals surface area contributed by atoms with Gasteiger partial charge < -0.3 is 15.2 Å². The molecular weight excluding hydrogens is 262 g/mol. The van der Waals surface area contributed by atoms with Gasteiger partial charge in [0, 0.05) is 5.56 Å². The molecule has 2 N–H and O–H groups in total. The molecule has 3 nitrogen and oxygen atoms in total. The Bertz CT molecular complexity index is 551. The molecule has 0 bridgehead atoms. The zero-order chi connectivity index (χ0) is 15.1. The van der Waals surface area contributed by atoms with Crippen molar-refractivity contribution in [2.24, 2.45) is 5.73 Å². The molecule has 0 spiro atoms. The van der Waals surface area contributed by atoms with Crippen molar-refractivity contribution in [3.63, 3.8) is 0 Å². The highest BCUT2D eigenvalue weighted by atomic mass is 16.5. The maximum Gasteiger partial charge on any atom is 0.123 e. The van der Waals surface area contributed by atoms with Crippen LogP contribution in [0.2, 0.25) is 0 Å². The van der Waals surface area contributed by atoms with Crippen LogP contribution < -0.4 is 15.2 Å². The Hall–Kier alpha value is -2.00. The van der Waals surface area contributed by atoms with E-state index in [0.717, 1.165) is 42.1 Å². The summed E-state index contributed by atoms with van der Waals surface area (Å²) >= 11 is 0. The van der Waals surface area contributed by atoms with Gasteiger partial charge in [-0.3, -0.25) is 0 Å². The number of ether oxygens (including phenoxy) is 2. The van der Waals surface area contributed by atoms with E-state index in [2.05, 4.69) is 6.92 Å². The van der Waals surface area contributed by atoms with E-state index in [1.54, 1.807) is 7.11 Å².